The van der Waals surface area contributed by atoms with Crippen molar-refractivity contribution in [3.05, 3.63) is 10.7 Å². The van der Waals surface area contributed by atoms with Crippen LogP contribution in [-0.4, -0.2) is 69.9 Å². The van der Waals surface area contributed by atoms with Gasteiger partial charge in [0.15, 0.2) is 5.16 Å². The molecule has 1 aromatic heterocycles. The molecule has 1 aromatic rings. The molecular formula is C18H25ClN4OS2. The Bertz CT molecular complexity index is 681. The number of aromatic nitrogens is 2. The molecule has 2 saturated heterocycles. The number of carbonyl (C=O) groups is 1. The lowest BCUT2D eigenvalue weighted by atomic mass is 9.91. The summed E-state index contributed by atoms with van der Waals surface area (Å²) in [5, 5.41) is 2.77. The molecule has 4 heterocycles. The maximum Gasteiger partial charge on any atom is 0.233 e. The first-order valence-electron chi connectivity index (χ1n) is 9.45. The van der Waals surface area contributed by atoms with Crippen LogP contribution >= 0.6 is 35.1 Å². The molecule has 2 atom stereocenters. The van der Waals surface area contributed by atoms with Crippen molar-refractivity contribution in [2.45, 2.75) is 53.5 Å². The zero-order valence-corrected chi connectivity index (χ0v) is 17.5. The van der Waals surface area contributed by atoms with Gasteiger partial charge in [-0.2, -0.15) is 0 Å². The summed E-state index contributed by atoms with van der Waals surface area (Å²) < 4.78 is 0. The average molecular weight is 413 g/mol. The van der Waals surface area contributed by atoms with Gasteiger partial charge in [0.1, 0.15) is 10.2 Å². The van der Waals surface area contributed by atoms with Crippen LogP contribution in [-0.2, 0) is 4.79 Å². The van der Waals surface area contributed by atoms with Crippen molar-refractivity contribution in [1.29, 1.82) is 0 Å². The van der Waals surface area contributed by atoms with Gasteiger partial charge in [-0.3, -0.25) is 4.79 Å². The van der Waals surface area contributed by atoms with Crippen molar-refractivity contribution < 1.29 is 4.79 Å². The van der Waals surface area contributed by atoms with Gasteiger partial charge < -0.3 is 9.80 Å². The Hall–Kier alpha value is -0.500. The first kappa shape index (κ1) is 18.8. The maximum atomic E-state index is 12.5. The van der Waals surface area contributed by atoms with E-state index in [9.17, 15) is 4.79 Å². The molecular weight excluding hydrogens is 388 g/mol. The number of nitrogens with zero attached hydrogens (tertiary/aromatic N) is 4. The largest absolute Gasteiger partial charge is 0.342 e. The third kappa shape index (κ3) is 4.01. The number of likely N-dealkylation sites (tertiary alicyclic amines) is 2. The summed E-state index contributed by atoms with van der Waals surface area (Å²) in [5.41, 5.74) is 1.14. The van der Waals surface area contributed by atoms with Crippen LogP contribution in [0.3, 0.4) is 0 Å². The van der Waals surface area contributed by atoms with Crippen LogP contribution in [0.25, 0.3) is 0 Å². The molecule has 3 aliphatic heterocycles. The number of rotatable bonds is 3. The van der Waals surface area contributed by atoms with E-state index in [-0.39, 0.29) is 5.91 Å². The van der Waals surface area contributed by atoms with Gasteiger partial charge in [-0.05, 0) is 32.9 Å². The molecule has 1 amide bonds. The van der Waals surface area contributed by atoms with Crippen LogP contribution in [0, 0.1) is 0 Å². The minimum absolute atomic E-state index is 0.195. The number of hydrogen-bond acceptors (Lipinski definition) is 6. The Balaban J connectivity index is 1.42. The van der Waals surface area contributed by atoms with Gasteiger partial charge in [0.2, 0.25) is 5.91 Å². The van der Waals surface area contributed by atoms with Crippen LogP contribution in [0.5, 0.6) is 0 Å². The van der Waals surface area contributed by atoms with Crippen molar-refractivity contribution in [2.75, 3.05) is 39.0 Å². The summed E-state index contributed by atoms with van der Waals surface area (Å²) in [6.45, 7) is 3.94. The quantitative estimate of drug-likeness (QED) is 0.430. The van der Waals surface area contributed by atoms with Gasteiger partial charge in [0, 0.05) is 36.4 Å². The lowest BCUT2D eigenvalue weighted by Gasteiger charge is -2.31. The van der Waals surface area contributed by atoms with Gasteiger partial charge in [-0.1, -0.05) is 36.2 Å². The number of carbonyl (C=O) groups excluding carboxylic acids is 1. The number of amides is 1. The van der Waals surface area contributed by atoms with E-state index in [0.29, 0.717) is 27.2 Å². The van der Waals surface area contributed by atoms with E-state index < -0.39 is 0 Å². The highest BCUT2D eigenvalue weighted by atomic mass is 35.5. The third-order valence-corrected chi connectivity index (χ3v) is 7.96. The fourth-order valence-electron chi connectivity index (χ4n) is 4.07. The Kier molecular flexibility index (Phi) is 5.98. The number of thioether (sulfide) groups is 2. The molecule has 142 valence electrons. The summed E-state index contributed by atoms with van der Waals surface area (Å²) in [7, 11) is 2.17. The molecule has 8 heteroatoms. The highest BCUT2D eigenvalue weighted by Gasteiger charge is 2.40. The van der Waals surface area contributed by atoms with E-state index >= 15 is 0 Å². The second kappa shape index (κ2) is 8.25. The highest BCUT2D eigenvalue weighted by molar-refractivity contribution is 8.00. The topological polar surface area (TPSA) is 49.3 Å². The fraction of sp³-hybridized carbons (Fsp3) is 0.722. The van der Waals surface area contributed by atoms with Gasteiger partial charge >= 0.3 is 0 Å². The number of hydrogen-bond donors (Lipinski definition) is 0. The van der Waals surface area contributed by atoms with E-state index in [2.05, 4.69) is 16.9 Å². The minimum Gasteiger partial charge on any atom is -0.342 e. The highest BCUT2D eigenvalue weighted by Crippen LogP contribution is 2.50. The minimum atomic E-state index is 0.195. The summed E-state index contributed by atoms with van der Waals surface area (Å²) in [6.07, 6.45) is 5.81. The van der Waals surface area contributed by atoms with Crippen LogP contribution in [0.15, 0.2) is 10.2 Å². The van der Waals surface area contributed by atoms with Gasteiger partial charge in [-0.25, -0.2) is 9.97 Å². The zero-order chi connectivity index (χ0) is 18.1. The molecule has 0 N–H and O–H groups in total. The van der Waals surface area contributed by atoms with Crippen molar-refractivity contribution in [1.82, 2.24) is 19.8 Å². The molecule has 3 aliphatic rings. The molecule has 0 aliphatic carbocycles. The van der Waals surface area contributed by atoms with Gasteiger partial charge in [-0.15, -0.1) is 11.8 Å². The van der Waals surface area contributed by atoms with Crippen molar-refractivity contribution >= 4 is 41.0 Å². The molecule has 2 fully saturated rings. The Labute approximate surface area is 168 Å². The summed E-state index contributed by atoms with van der Waals surface area (Å²) in [5.74, 6) is 1.06. The van der Waals surface area contributed by atoms with Crippen LogP contribution < -0.4 is 0 Å². The molecule has 5 nitrogen and oxygen atoms in total. The summed E-state index contributed by atoms with van der Waals surface area (Å²) >= 11 is 9.78. The Morgan fingerprint density at radius 3 is 2.77 bits per heavy atom. The van der Waals surface area contributed by atoms with Crippen molar-refractivity contribution in [2.24, 2.45) is 0 Å². The van der Waals surface area contributed by atoms with Crippen LogP contribution in [0.1, 0.15) is 43.6 Å². The van der Waals surface area contributed by atoms with Crippen LogP contribution in [0.2, 0.25) is 5.15 Å². The van der Waals surface area contributed by atoms with E-state index in [1.54, 1.807) is 0 Å². The van der Waals surface area contributed by atoms with E-state index in [4.69, 9.17) is 16.6 Å². The van der Waals surface area contributed by atoms with Gasteiger partial charge in [0.05, 0.1) is 5.75 Å². The fourth-order valence-corrected chi connectivity index (χ4v) is 6.86. The second-order valence-corrected chi connectivity index (χ2v) is 9.94. The molecule has 0 radical (unpaired) electrons. The summed E-state index contributed by atoms with van der Waals surface area (Å²) in [4.78, 5) is 26.1. The first-order valence-corrected chi connectivity index (χ1v) is 11.7. The maximum absolute atomic E-state index is 12.5. The van der Waals surface area contributed by atoms with Crippen molar-refractivity contribution in [3.8, 4) is 0 Å². The van der Waals surface area contributed by atoms with E-state index in [1.807, 2.05) is 16.7 Å². The number of piperidine rings is 1. The van der Waals surface area contributed by atoms with Gasteiger partial charge in [0.25, 0.3) is 0 Å². The Morgan fingerprint density at radius 1 is 1.23 bits per heavy atom. The summed E-state index contributed by atoms with van der Waals surface area (Å²) in [6, 6.07) is 0. The molecule has 26 heavy (non-hydrogen) atoms. The Morgan fingerprint density at radius 2 is 2.00 bits per heavy atom. The zero-order valence-electron chi connectivity index (χ0n) is 15.1. The first-order chi connectivity index (χ1) is 12.6. The van der Waals surface area contributed by atoms with E-state index in [1.165, 1.54) is 24.6 Å². The third-order valence-electron chi connectivity index (χ3n) is 5.52. The molecule has 2 unspecified atom stereocenters. The predicted molar refractivity (Wildman–Crippen MR) is 107 cm³/mol. The number of fused-ring (bicyclic) bond motifs is 3. The predicted octanol–water partition coefficient (Wildman–Crippen LogP) is 3.52. The molecule has 0 saturated carbocycles. The van der Waals surface area contributed by atoms with Crippen molar-refractivity contribution in [3.63, 3.8) is 0 Å². The smallest absolute Gasteiger partial charge is 0.233 e. The standard InChI is InChI=1S/C18H25ClN4OS2/c1-22-9-6-12-13(10-22)26-17-15(12)16(19)20-18(21-17)25-11-14(24)23-7-4-2-3-5-8-23/h12-13H,2-11H2,1H3. The molecule has 0 aromatic carbocycles. The normalized spacial score (nSPS) is 26.3. The lowest BCUT2D eigenvalue weighted by Crippen LogP contribution is -2.36. The van der Waals surface area contributed by atoms with E-state index in [0.717, 1.165) is 56.0 Å². The monoisotopic (exact) mass is 412 g/mol. The molecule has 4 rings (SSSR count). The second-order valence-electron chi connectivity index (χ2n) is 7.41. The lowest BCUT2D eigenvalue weighted by molar-refractivity contribution is -0.128. The van der Waals surface area contributed by atoms with Crippen LogP contribution in [0.4, 0.5) is 0 Å². The SMILES string of the molecule is CN1CCC2c3c(Cl)nc(SCC(=O)N4CCCCCC4)nc3SC2C1. The molecule has 0 spiro atoms. The number of halogens is 1. The average Bonchev–Trinajstić information content (AvgIpc) is 2.79. The molecule has 0 bridgehead atoms.